The number of nitrogens with one attached hydrogen (secondary N) is 1. The second kappa shape index (κ2) is 2.57. The first kappa shape index (κ1) is 7.77. The number of carbonyl (C=O) groups is 2. The second-order valence-corrected chi connectivity index (χ2v) is 3.92. The summed E-state index contributed by atoms with van der Waals surface area (Å²) in [5.41, 5.74) is 0. The van der Waals surface area contributed by atoms with Gasteiger partial charge in [-0.3, -0.25) is 14.9 Å². The van der Waals surface area contributed by atoms with E-state index in [0.29, 0.717) is 18.3 Å². The van der Waals surface area contributed by atoms with E-state index in [-0.39, 0.29) is 17.7 Å². The van der Waals surface area contributed by atoms with Crippen LogP contribution in [0.15, 0.2) is 0 Å². The maximum atomic E-state index is 11.2. The highest BCUT2D eigenvalue weighted by molar-refractivity contribution is 6.03. The Bertz CT molecular complexity index is 233. The van der Waals surface area contributed by atoms with Gasteiger partial charge in [0.2, 0.25) is 11.8 Å². The molecular formula is C9H13NO2. The molecule has 0 radical (unpaired) electrons. The van der Waals surface area contributed by atoms with E-state index >= 15 is 0 Å². The van der Waals surface area contributed by atoms with Crippen molar-refractivity contribution in [3.8, 4) is 0 Å². The molecule has 1 aliphatic carbocycles. The van der Waals surface area contributed by atoms with Crippen molar-refractivity contribution in [1.82, 2.24) is 5.32 Å². The maximum absolute atomic E-state index is 11.2. The molecule has 1 aliphatic heterocycles. The van der Waals surface area contributed by atoms with E-state index in [9.17, 15) is 9.59 Å². The van der Waals surface area contributed by atoms with Crippen molar-refractivity contribution < 1.29 is 9.59 Å². The third-order valence-electron chi connectivity index (χ3n) is 3.00. The topological polar surface area (TPSA) is 46.2 Å². The first-order valence-corrected chi connectivity index (χ1v) is 4.52. The minimum Gasteiger partial charge on any atom is -0.296 e. The zero-order chi connectivity index (χ0) is 8.72. The normalized spacial score (nSPS) is 31.9. The molecule has 0 bridgehead atoms. The first-order chi connectivity index (χ1) is 5.68. The van der Waals surface area contributed by atoms with Gasteiger partial charge in [-0.05, 0) is 24.7 Å². The van der Waals surface area contributed by atoms with Crippen LogP contribution in [0.3, 0.4) is 0 Å². The summed E-state index contributed by atoms with van der Waals surface area (Å²) >= 11 is 0. The molecule has 2 atom stereocenters. The number of rotatable bonds is 2. The van der Waals surface area contributed by atoms with Crippen LogP contribution in [-0.4, -0.2) is 11.8 Å². The summed E-state index contributed by atoms with van der Waals surface area (Å²) in [6.07, 6.45) is 2.88. The van der Waals surface area contributed by atoms with Crippen molar-refractivity contribution in [2.45, 2.75) is 26.2 Å². The van der Waals surface area contributed by atoms with Crippen LogP contribution in [-0.2, 0) is 9.59 Å². The smallest absolute Gasteiger partial charge is 0.230 e. The molecule has 2 aliphatic rings. The number of amides is 2. The SMILES string of the molecule is CC(C1CC1)C1CC(=O)NC1=O. The first-order valence-electron chi connectivity index (χ1n) is 4.52. The van der Waals surface area contributed by atoms with Gasteiger partial charge < -0.3 is 0 Å². The molecule has 0 aromatic heterocycles. The van der Waals surface area contributed by atoms with Crippen molar-refractivity contribution in [2.24, 2.45) is 17.8 Å². The fourth-order valence-electron chi connectivity index (χ4n) is 1.95. The van der Waals surface area contributed by atoms with Gasteiger partial charge in [-0.2, -0.15) is 0 Å². The molecule has 2 amide bonds. The monoisotopic (exact) mass is 167 g/mol. The molecule has 0 aromatic carbocycles. The van der Waals surface area contributed by atoms with Crippen molar-refractivity contribution >= 4 is 11.8 Å². The number of hydrogen-bond acceptors (Lipinski definition) is 2. The van der Waals surface area contributed by atoms with E-state index in [1.807, 2.05) is 0 Å². The van der Waals surface area contributed by atoms with Crippen LogP contribution in [0.2, 0.25) is 0 Å². The zero-order valence-electron chi connectivity index (χ0n) is 7.17. The van der Waals surface area contributed by atoms with Crippen molar-refractivity contribution in [3.63, 3.8) is 0 Å². The van der Waals surface area contributed by atoms with E-state index in [1.54, 1.807) is 0 Å². The molecule has 2 unspecified atom stereocenters. The molecule has 1 saturated carbocycles. The molecule has 3 nitrogen and oxygen atoms in total. The quantitative estimate of drug-likeness (QED) is 0.615. The van der Waals surface area contributed by atoms with Gasteiger partial charge in [0.1, 0.15) is 0 Å². The predicted octanol–water partition coefficient (Wildman–Crippen LogP) is 0.695. The molecule has 66 valence electrons. The Hall–Kier alpha value is -0.860. The minimum atomic E-state index is -0.0995. The Balaban J connectivity index is 2.02. The summed E-state index contributed by atoms with van der Waals surface area (Å²) < 4.78 is 0. The van der Waals surface area contributed by atoms with Crippen LogP contribution in [0.5, 0.6) is 0 Å². The summed E-state index contributed by atoms with van der Waals surface area (Å²) in [5, 5.41) is 2.35. The van der Waals surface area contributed by atoms with Gasteiger partial charge in [0.05, 0.1) is 0 Å². The molecule has 2 fully saturated rings. The van der Waals surface area contributed by atoms with Crippen LogP contribution in [0.4, 0.5) is 0 Å². The Morgan fingerprint density at radius 1 is 1.42 bits per heavy atom. The Morgan fingerprint density at radius 3 is 2.50 bits per heavy atom. The van der Waals surface area contributed by atoms with Gasteiger partial charge in [-0.25, -0.2) is 0 Å². The standard InChI is InChI=1S/C9H13NO2/c1-5(6-2-3-6)7-4-8(11)10-9(7)12/h5-7H,2-4H2,1H3,(H,10,11,12). The lowest BCUT2D eigenvalue weighted by molar-refractivity contribution is -0.126. The molecule has 3 heteroatoms. The zero-order valence-corrected chi connectivity index (χ0v) is 7.17. The Kier molecular flexibility index (Phi) is 1.67. The molecule has 1 heterocycles. The number of imide groups is 1. The van der Waals surface area contributed by atoms with Crippen LogP contribution >= 0.6 is 0 Å². The highest BCUT2D eigenvalue weighted by atomic mass is 16.2. The van der Waals surface area contributed by atoms with Crippen LogP contribution in [0, 0.1) is 17.8 Å². The van der Waals surface area contributed by atoms with Gasteiger partial charge in [0.15, 0.2) is 0 Å². The molecule has 0 aromatic rings. The third-order valence-corrected chi connectivity index (χ3v) is 3.00. The molecule has 2 rings (SSSR count). The highest BCUT2D eigenvalue weighted by Crippen LogP contribution is 2.42. The van der Waals surface area contributed by atoms with E-state index in [0.717, 1.165) is 0 Å². The van der Waals surface area contributed by atoms with Crippen LogP contribution in [0.25, 0.3) is 0 Å². The number of hydrogen-bond donors (Lipinski definition) is 1. The summed E-state index contributed by atoms with van der Waals surface area (Å²) in [6.45, 7) is 2.08. The highest BCUT2D eigenvalue weighted by Gasteiger charge is 2.41. The average molecular weight is 167 g/mol. The summed E-state index contributed by atoms with van der Waals surface area (Å²) in [7, 11) is 0. The fourth-order valence-corrected chi connectivity index (χ4v) is 1.95. The van der Waals surface area contributed by atoms with Gasteiger partial charge in [-0.1, -0.05) is 6.92 Å². The van der Waals surface area contributed by atoms with E-state index < -0.39 is 0 Å². The van der Waals surface area contributed by atoms with Crippen molar-refractivity contribution in [1.29, 1.82) is 0 Å². The lowest BCUT2D eigenvalue weighted by atomic mass is 9.89. The maximum Gasteiger partial charge on any atom is 0.230 e. The summed E-state index contributed by atoms with van der Waals surface area (Å²) in [6, 6.07) is 0. The summed E-state index contributed by atoms with van der Waals surface area (Å²) in [4.78, 5) is 22.1. The van der Waals surface area contributed by atoms with E-state index in [2.05, 4.69) is 12.2 Å². The lowest BCUT2D eigenvalue weighted by Crippen LogP contribution is -2.25. The minimum absolute atomic E-state index is 0.0370. The largest absolute Gasteiger partial charge is 0.296 e. The molecule has 0 spiro atoms. The molecule has 12 heavy (non-hydrogen) atoms. The summed E-state index contributed by atoms with van der Waals surface area (Å²) in [5.74, 6) is 0.907. The van der Waals surface area contributed by atoms with Crippen molar-refractivity contribution in [2.75, 3.05) is 0 Å². The van der Waals surface area contributed by atoms with E-state index in [1.165, 1.54) is 12.8 Å². The molecule has 1 N–H and O–H groups in total. The Labute approximate surface area is 71.5 Å². The Morgan fingerprint density at radius 2 is 2.08 bits per heavy atom. The van der Waals surface area contributed by atoms with Gasteiger partial charge in [0, 0.05) is 12.3 Å². The second-order valence-electron chi connectivity index (χ2n) is 3.92. The van der Waals surface area contributed by atoms with Gasteiger partial charge >= 0.3 is 0 Å². The number of carbonyl (C=O) groups excluding carboxylic acids is 2. The van der Waals surface area contributed by atoms with E-state index in [4.69, 9.17) is 0 Å². The average Bonchev–Trinajstić information content (AvgIpc) is 2.77. The van der Waals surface area contributed by atoms with Crippen molar-refractivity contribution in [3.05, 3.63) is 0 Å². The van der Waals surface area contributed by atoms with Gasteiger partial charge in [-0.15, -0.1) is 0 Å². The molecule has 1 saturated heterocycles. The predicted molar refractivity (Wildman–Crippen MR) is 43.1 cm³/mol. The fraction of sp³-hybridized carbons (Fsp3) is 0.778. The molecular weight excluding hydrogens is 154 g/mol. The lowest BCUT2D eigenvalue weighted by Gasteiger charge is -2.13. The van der Waals surface area contributed by atoms with Crippen LogP contribution < -0.4 is 5.32 Å². The van der Waals surface area contributed by atoms with Crippen LogP contribution in [0.1, 0.15) is 26.2 Å². The third kappa shape index (κ3) is 1.24. The van der Waals surface area contributed by atoms with Gasteiger partial charge in [0.25, 0.3) is 0 Å².